The molecule has 0 saturated heterocycles. The molecule has 0 spiro atoms. The third-order valence-corrected chi connectivity index (χ3v) is 10.7. The summed E-state index contributed by atoms with van der Waals surface area (Å²) in [5.41, 5.74) is 13.2. The quantitative estimate of drug-likeness (QED) is 0.175. The lowest BCUT2D eigenvalue weighted by atomic mass is 9.81. The Morgan fingerprint density at radius 1 is 0.231 bits per heavy atom. The summed E-state index contributed by atoms with van der Waals surface area (Å²) in [6.45, 7) is 0. The van der Waals surface area contributed by atoms with Crippen LogP contribution < -0.4 is 0 Å². The Balaban J connectivity index is 1.22. The molecule has 0 N–H and O–H groups in total. The van der Waals surface area contributed by atoms with Crippen molar-refractivity contribution in [1.29, 1.82) is 0 Å². The Hall–Kier alpha value is -6.90. The third-order valence-electron chi connectivity index (χ3n) is 10.7. The van der Waals surface area contributed by atoms with Gasteiger partial charge in [-0.15, -0.1) is 0 Å². The highest BCUT2D eigenvalue weighted by Gasteiger charge is 2.22. The Bertz CT molecular complexity index is 3050. The maximum atomic E-state index is 6.49. The van der Waals surface area contributed by atoms with Gasteiger partial charge in [0.1, 0.15) is 22.3 Å². The van der Waals surface area contributed by atoms with E-state index >= 15 is 0 Å². The normalized spacial score (nSPS) is 11.8. The SMILES string of the molecule is c1ccc(-c2cccc(-c3ccccc3)c2-c2c3ccccc3c(-c3ccc4oc5cc6c(cc5c4c3)oc3ccccc36)c3ccccc23)cc1. The van der Waals surface area contributed by atoms with E-state index in [-0.39, 0.29) is 0 Å². The molecule has 11 aromatic rings. The van der Waals surface area contributed by atoms with E-state index in [0.717, 1.165) is 49.4 Å². The zero-order valence-corrected chi connectivity index (χ0v) is 28.1. The molecule has 9 aromatic carbocycles. The Morgan fingerprint density at radius 3 is 1.25 bits per heavy atom. The van der Waals surface area contributed by atoms with Crippen molar-refractivity contribution < 1.29 is 8.83 Å². The first-order valence-corrected chi connectivity index (χ1v) is 17.8. The standard InChI is InChI=1S/C50H30O2/c1-3-14-31(15-4-1)34-23-13-24-35(32-16-5-2-6-17-32)49(34)50-39-21-9-7-19-37(39)48(38-20-8-10-22-40(38)50)33-26-27-45-41(28-33)43-30-46-42(29-47(43)52-45)36-18-11-12-25-44(36)51-46/h1-30H. The molecule has 2 heteroatoms. The number of furan rings is 2. The number of benzene rings is 9. The van der Waals surface area contributed by atoms with Crippen LogP contribution in [0.25, 0.3) is 110 Å². The first kappa shape index (κ1) is 28.9. The summed E-state index contributed by atoms with van der Waals surface area (Å²) in [4.78, 5) is 0. The summed E-state index contributed by atoms with van der Waals surface area (Å²) < 4.78 is 12.8. The van der Waals surface area contributed by atoms with Crippen molar-refractivity contribution in [2.24, 2.45) is 0 Å². The molecule has 0 bridgehead atoms. The molecule has 0 unspecified atom stereocenters. The largest absolute Gasteiger partial charge is 0.456 e. The highest BCUT2D eigenvalue weighted by atomic mass is 16.3. The van der Waals surface area contributed by atoms with Gasteiger partial charge in [-0.1, -0.05) is 152 Å². The zero-order chi connectivity index (χ0) is 34.2. The van der Waals surface area contributed by atoms with Crippen LogP contribution in [0.4, 0.5) is 0 Å². The fourth-order valence-electron chi connectivity index (χ4n) is 8.40. The first-order chi connectivity index (χ1) is 25.8. The lowest BCUT2D eigenvalue weighted by Gasteiger charge is -2.22. The predicted molar refractivity (Wildman–Crippen MR) is 218 cm³/mol. The van der Waals surface area contributed by atoms with E-state index in [1.165, 1.54) is 60.5 Å². The summed E-state index contributed by atoms with van der Waals surface area (Å²) in [5.74, 6) is 0. The van der Waals surface area contributed by atoms with Crippen molar-refractivity contribution in [3.63, 3.8) is 0 Å². The van der Waals surface area contributed by atoms with Crippen LogP contribution in [0.3, 0.4) is 0 Å². The second-order valence-electron chi connectivity index (χ2n) is 13.6. The van der Waals surface area contributed by atoms with Gasteiger partial charge in [0, 0.05) is 21.5 Å². The van der Waals surface area contributed by atoms with Crippen LogP contribution in [0.15, 0.2) is 191 Å². The molecule has 0 fully saturated rings. The van der Waals surface area contributed by atoms with E-state index in [0.29, 0.717) is 0 Å². The Morgan fingerprint density at radius 2 is 0.673 bits per heavy atom. The number of fused-ring (bicyclic) bond motifs is 8. The molecule has 0 aliphatic heterocycles. The highest BCUT2D eigenvalue weighted by molar-refractivity contribution is 6.24. The Kier molecular flexibility index (Phi) is 6.28. The molecule has 0 aliphatic rings. The molecule has 0 atom stereocenters. The summed E-state index contributed by atoms with van der Waals surface area (Å²) in [6, 6.07) is 65.2. The van der Waals surface area contributed by atoms with Crippen molar-refractivity contribution >= 4 is 65.4 Å². The maximum Gasteiger partial charge on any atom is 0.136 e. The van der Waals surface area contributed by atoms with Crippen molar-refractivity contribution in [2.75, 3.05) is 0 Å². The van der Waals surface area contributed by atoms with Gasteiger partial charge >= 0.3 is 0 Å². The second-order valence-corrected chi connectivity index (χ2v) is 13.6. The molecule has 2 nitrogen and oxygen atoms in total. The number of hydrogen-bond donors (Lipinski definition) is 0. The lowest BCUT2D eigenvalue weighted by molar-refractivity contribution is 0.664. The topological polar surface area (TPSA) is 26.3 Å². The van der Waals surface area contributed by atoms with Crippen LogP contribution in [-0.2, 0) is 0 Å². The van der Waals surface area contributed by atoms with E-state index in [2.05, 4.69) is 170 Å². The molecule has 0 radical (unpaired) electrons. The predicted octanol–water partition coefficient (Wildman–Crippen LogP) is 14.5. The molecular weight excluding hydrogens is 633 g/mol. The van der Waals surface area contributed by atoms with Crippen LogP contribution in [0.2, 0.25) is 0 Å². The van der Waals surface area contributed by atoms with Gasteiger partial charge in [0.25, 0.3) is 0 Å². The van der Waals surface area contributed by atoms with E-state index in [1.54, 1.807) is 0 Å². The number of hydrogen-bond acceptors (Lipinski definition) is 2. The van der Waals surface area contributed by atoms with E-state index in [1.807, 2.05) is 12.1 Å². The molecule has 2 aromatic heterocycles. The average Bonchev–Trinajstić information content (AvgIpc) is 3.76. The van der Waals surface area contributed by atoms with Crippen LogP contribution in [0.5, 0.6) is 0 Å². The molecule has 11 rings (SSSR count). The molecule has 2 heterocycles. The van der Waals surface area contributed by atoms with E-state index in [4.69, 9.17) is 8.83 Å². The maximum absolute atomic E-state index is 6.49. The van der Waals surface area contributed by atoms with Gasteiger partial charge in [0.2, 0.25) is 0 Å². The van der Waals surface area contributed by atoms with Gasteiger partial charge in [-0.2, -0.15) is 0 Å². The van der Waals surface area contributed by atoms with Gasteiger partial charge < -0.3 is 8.83 Å². The van der Waals surface area contributed by atoms with E-state index < -0.39 is 0 Å². The van der Waals surface area contributed by atoms with Crippen LogP contribution in [0.1, 0.15) is 0 Å². The zero-order valence-electron chi connectivity index (χ0n) is 28.1. The van der Waals surface area contributed by atoms with Crippen LogP contribution in [-0.4, -0.2) is 0 Å². The van der Waals surface area contributed by atoms with Crippen LogP contribution in [0, 0.1) is 0 Å². The Labute approximate surface area is 299 Å². The van der Waals surface area contributed by atoms with Crippen molar-refractivity contribution in [2.45, 2.75) is 0 Å². The molecule has 242 valence electrons. The van der Waals surface area contributed by atoms with E-state index in [9.17, 15) is 0 Å². The average molecular weight is 663 g/mol. The number of rotatable bonds is 4. The van der Waals surface area contributed by atoms with Gasteiger partial charge in [0.05, 0.1) is 0 Å². The highest BCUT2D eigenvalue weighted by Crippen LogP contribution is 2.49. The monoisotopic (exact) mass is 662 g/mol. The van der Waals surface area contributed by atoms with Gasteiger partial charge in [-0.05, 0) is 96.4 Å². The molecule has 0 amide bonds. The summed E-state index contributed by atoms with van der Waals surface area (Å²) in [6.07, 6.45) is 0. The van der Waals surface area contributed by atoms with Gasteiger partial charge in [0.15, 0.2) is 0 Å². The number of para-hydroxylation sites is 1. The van der Waals surface area contributed by atoms with Crippen molar-refractivity contribution in [3.05, 3.63) is 182 Å². The third kappa shape index (κ3) is 4.31. The van der Waals surface area contributed by atoms with Crippen molar-refractivity contribution in [1.82, 2.24) is 0 Å². The molecule has 0 saturated carbocycles. The molecule has 52 heavy (non-hydrogen) atoms. The molecule has 0 aliphatic carbocycles. The minimum absolute atomic E-state index is 0.863. The second kappa shape index (κ2) is 11.3. The smallest absolute Gasteiger partial charge is 0.136 e. The van der Waals surface area contributed by atoms with Gasteiger partial charge in [-0.25, -0.2) is 0 Å². The first-order valence-electron chi connectivity index (χ1n) is 17.8. The summed E-state index contributed by atoms with van der Waals surface area (Å²) in [5, 5.41) is 9.17. The summed E-state index contributed by atoms with van der Waals surface area (Å²) in [7, 11) is 0. The fraction of sp³-hybridized carbons (Fsp3) is 0. The molecular formula is C50H30O2. The van der Waals surface area contributed by atoms with Crippen molar-refractivity contribution in [3.8, 4) is 44.5 Å². The summed E-state index contributed by atoms with van der Waals surface area (Å²) >= 11 is 0. The lowest BCUT2D eigenvalue weighted by Crippen LogP contribution is -1.95. The minimum atomic E-state index is 0.863. The minimum Gasteiger partial charge on any atom is -0.456 e. The fourth-order valence-corrected chi connectivity index (χ4v) is 8.40. The van der Waals surface area contributed by atoms with Crippen LogP contribution >= 0.6 is 0 Å². The van der Waals surface area contributed by atoms with Gasteiger partial charge in [-0.3, -0.25) is 0 Å².